The van der Waals surface area contributed by atoms with E-state index in [-0.39, 0.29) is 17.6 Å². The average molecular weight is 389 g/mol. The number of ether oxygens (including phenoxy) is 1. The van der Waals surface area contributed by atoms with Crippen LogP contribution in [-0.2, 0) is 9.59 Å². The molecular formula is C25H27NO3. The summed E-state index contributed by atoms with van der Waals surface area (Å²) in [6.45, 7) is 4.33. The third-order valence-corrected chi connectivity index (χ3v) is 5.99. The van der Waals surface area contributed by atoms with Gasteiger partial charge in [0.05, 0.1) is 12.8 Å². The number of carbonyl (C=O) groups is 2. The molecule has 4 rings (SSSR count). The van der Waals surface area contributed by atoms with Gasteiger partial charge in [0.25, 0.3) is 0 Å². The molecule has 0 radical (unpaired) electrons. The maximum Gasteiger partial charge on any atom is 0.232 e. The Hall–Kier alpha value is -2.88. The van der Waals surface area contributed by atoms with Crippen molar-refractivity contribution in [1.82, 2.24) is 0 Å². The zero-order chi connectivity index (χ0) is 20.5. The van der Waals surface area contributed by atoms with Crippen molar-refractivity contribution in [1.29, 1.82) is 0 Å². The van der Waals surface area contributed by atoms with E-state index < -0.39 is 0 Å². The molecule has 150 valence electrons. The first kappa shape index (κ1) is 19.4. The Labute approximate surface area is 172 Å². The van der Waals surface area contributed by atoms with E-state index in [9.17, 15) is 9.59 Å². The molecule has 2 aromatic rings. The summed E-state index contributed by atoms with van der Waals surface area (Å²) in [5.74, 6) is 1.19. The monoisotopic (exact) mass is 389 g/mol. The van der Waals surface area contributed by atoms with Gasteiger partial charge in [-0.05, 0) is 42.0 Å². The molecule has 29 heavy (non-hydrogen) atoms. The van der Waals surface area contributed by atoms with Crippen LogP contribution in [-0.4, -0.2) is 18.8 Å². The minimum absolute atomic E-state index is 0.0321. The van der Waals surface area contributed by atoms with Crippen LogP contribution in [0.4, 0.5) is 5.69 Å². The summed E-state index contributed by atoms with van der Waals surface area (Å²) >= 11 is 0. The molecule has 4 heteroatoms. The fourth-order valence-electron chi connectivity index (χ4n) is 4.44. The molecule has 1 heterocycles. The highest BCUT2D eigenvalue weighted by atomic mass is 16.5. The van der Waals surface area contributed by atoms with Gasteiger partial charge in [0.1, 0.15) is 5.75 Å². The minimum Gasteiger partial charge on any atom is -0.497 e. The maximum atomic E-state index is 13.3. The Bertz CT molecular complexity index is 972. The lowest BCUT2D eigenvalue weighted by molar-refractivity contribution is -0.119. The number of ketones is 1. The van der Waals surface area contributed by atoms with Crippen LogP contribution in [0.5, 0.6) is 5.75 Å². The third kappa shape index (κ3) is 3.59. The van der Waals surface area contributed by atoms with Gasteiger partial charge in [-0.15, -0.1) is 0 Å². The topological polar surface area (TPSA) is 46.6 Å². The quantitative estimate of drug-likeness (QED) is 0.708. The van der Waals surface area contributed by atoms with Crippen LogP contribution in [0.15, 0.2) is 59.8 Å². The van der Waals surface area contributed by atoms with Crippen molar-refractivity contribution >= 4 is 17.4 Å². The Morgan fingerprint density at radius 2 is 1.79 bits per heavy atom. The Balaban J connectivity index is 1.80. The van der Waals surface area contributed by atoms with Crippen molar-refractivity contribution < 1.29 is 14.3 Å². The number of rotatable bonds is 4. The molecule has 1 atom stereocenters. The molecule has 1 aliphatic heterocycles. The predicted octanol–water partition coefficient (Wildman–Crippen LogP) is 5.35. The Morgan fingerprint density at radius 1 is 1.03 bits per heavy atom. The van der Waals surface area contributed by atoms with Gasteiger partial charge in [-0.3, -0.25) is 14.5 Å². The molecule has 0 aromatic heterocycles. The lowest BCUT2D eigenvalue weighted by Crippen LogP contribution is -2.40. The summed E-state index contributed by atoms with van der Waals surface area (Å²) in [6, 6.07) is 15.9. The number of anilines is 1. The first-order valence-corrected chi connectivity index (χ1v) is 10.3. The molecule has 0 fully saturated rings. The van der Waals surface area contributed by atoms with E-state index in [4.69, 9.17) is 4.74 Å². The Morgan fingerprint density at radius 3 is 2.48 bits per heavy atom. The minimum atomic E-state index is -0.159. The molecule has 0 N–H and O–H groups in total. The predicted molar refractivity (Wildman–Crippen MR) is 114 cm³/mol. The second-order valence-electron chi connectivity index (χ2n) is 8.15. The number of methoxy groups -OCH3 is 1. The zero-order valence-corrected chi connectivity index (χ0v) is 17.3. The molecule has 2 aliphatic rings. The highest BCUT2D eigenvalue weighted by Gasteiger charge is 2.39. The van der Waals surface area contributed by atoms with E-state index >= 15 is 0 Å². The Kier molecular flexibility index (Phi) is 5.27. The molecule has 0 saturated carbocycles. The molecule has 1 amide bonds. The molecular weight excluding hydrogens is 362 g/mol. The van der Waals surface area contributed by atoms with Gasteiger partial charge in [-0.1, -0.05) is 44.2 Å². The fourth-order valence-corrected chi connectivity index (χ4v) is 4.44. The first-order chi connectivity index (χ1) is 14.0. The number of carbonyl (C=O) groups excluding carboxylic acids is 2. The lowest BCUT2D eigenvalue weighted by atomic mass is 9.77. The van der Waals surface area contributed by atoms with Crippen molar-refractivity contribution in [3.05, 3.63) is 70.9 Å². The van der Waals surface area contributed by atoms with Gasteiger partial charge >= 0.3 is 0 Å². The average Bonchev–Trinajstić information content (AvgIpc) is 2.73. The normalized spacial score (nSPS) is 19.6. The van der Waals surface area contributed by atoms with Crippen LogP contribution >= 0.6 is 0 Å². The highest BCUT2D eigenvalue weighted by molar-refractivity contribution is 6.07. The number of hydrogen-bond donors (Lipinski definition) is 0. The summed E-state index contributed by atoms with van der Waals surface area (Å²) in [5, 5.41) is 0. The number of nitrogens with zero attached hydrogens (tertiary/aromatic N) is 1. The van der Waals surface area contributed by atoms with Crippen molar-refractivity contribution in [3.63, 3.8) is 0 Å². The second-order valence-corrected chi connectivity index (χ2v) is 8.15. The van der Waals surface area contributed by atoms with Crippen LogP contribution in [0.3, 0.4) is 0 Å². The molecule has 1 unspecified atom stereocenters. The summed E-state index contributed by atoms with van der Waals surface area (Å²) in [4.78, 5) is 28.0. The first-order valence-electron chi connectivity index (χ1n) is 10.3. The molecule has 0 saturated heterocycles. The summed E-state index contributed by atoms with van der Waals surface area (Å²) in [5.41, 5.74) is 4.76. The van der Waals surface area contributed by atoms with Gasteiger partial charge in [0.2, 0.25) is 5.91 Å². The number of allylic oxidation sites excluding steroid dienone is 2. The lowest BCUT2D eigenvalue weighted by Gasteiger charge is -2.38. The van der Waals surface area contributed by atoms with Gasteiger partial charge in [-0.25, -0.2) is 0 Å². The largest absolute Gasteiger partial charge is 0.497 e. The van der Waals surface area contributed by atoms with E-state index in [1.165, 1.54) is 5.56 Å². The summed E-state index contributed by atoms with van der Waals surface area (Å²) < 4.78 is 5.34. The van der Waals surface area contributed by atoms with E-state index in [0.29, 0.717) is 24.5 Å². The smallest absolute Gasteiger partial charge is 0.232 e. The maximum absolute atomic E-state index is 13.3. The van der Waals surface area contributed by atoms with Crippen LogP contribution in [0, 0.1) is 0 Å². The summed E-state index contributed by atoms with van der Waals surface area (Å²) in [6.07, 6.45) is 2.39. The van der Waals surface area contributed by atoms with Crippen LogP contribution in [0.1, 0.15) is 62.5 Å². The van der Waals surface area contributed by atoms with Crippen LogP contribution < -0.4 is 9.64 Å². The standard InChI is InChI=1S/C25H27NO3/c1-16(2)17-10-12-18(13-11-17)21-15-24(28)26(19-6-4-7-20(14-19)29-3)22-8-5-9-23(27)25(21)22/h4,6-7,10-14,16,21H,5,8-9,15H2,1-3H3. The van der Waals surface area contributed by atoms with Crippen molar-refractivity contribution in [3.8, 4) is 5.75 Å². The van der Waals surface area contributed by atoms with Gasteiger partial charge in [0.15, 0.2) is 5.78 Å². The number of amides is 1. The second kappa shape index (κ2) is 7.86. The SMILES string of the molecule is COc1cccc(N2C(=O)CC(c3ccc(C(C)C)cc3)C3=C2CCCC3=O)c1. The summed E-state index contributed by atoms with van der Waals surface area (Å²) in [7, 11) is 1.61. The molecule has 0 spiro atoms. The third-order valence-electron chi connectivity index (χ3n) is 5.99. The molecule has 2 aromatic carbocycles. The zero-order valence-electron chi connectivity index (χ0n) is 17.3. The van der Waals surface area contributed by atoms with E-state index in [1.54, 1.807) is 12.0 Å². The van der Waals surface area contributed by atoms with Gasteiger partial charge in [-0.2, -0.15) is 0 Å². The van der Waals surface area contributed by atoms with Crippen molar-refractivity contribution in [2.45, 2.75) is 51.4 Å². The van der Waals surface area contributed by atoms with E-state index in [0.717, 1.165) is 35.4 Å². The van der Waals surface area contributed by atoms with Gasteiger partial charge < -0.3 is 4.74 Å². The van der Waals surface area contributed by atoms with Crippen LogP contribution in [0.2, 0.25) is 0 Å². The number of benzene rings is 2. The van der Waals surface area contributed by atoms with Gasteiger partial charge in [0, 0.05) is 36.1 Å². The van der Waals surface area contributed by atoms with Crippen LogP contribution in [0.25, 0.3) is 0 Å². The van der Waals surface area contributed by atoms with Crippen molar-refractivity contribution in [2.24, 2.45) is 0 Å². The molecule has 0 bridgehead atoms. The molecule has 4 nitrogen and oxygen atoms in total. The number of hydrogen-bond acceptors (Lipinski definition) is 3. The van der Waals surface area contributed by atoms with E-state index in [2.05, 4.69) is 38.1 Å². The number of Topliss-reactive ketones (excluding diaryl/α,β-unsaturated/α-hetero) is 1. The van der Waals surface area contributed by atoms with E-state index in [1.807, 2.05) is 24.3 Å². The highest BCUT2D eigenvalue weighted by Crippen LogP contribution is 2.43. The van der Waals surface area contributed by atoms with Crippen molar-refractivity contribution in [2.75, 3.05) is 12.0 Å². The molecule has 1 aliphatic carbocycles. The fraction of sp³-hybridized carbons (Fsp3) is 0.360.